The van der Waals surface area contributed by atoms with Crippen LogP contribution in [-0.2, 0) is 10.0 Å². The molecule has 0 spiro atoms. The van der Waals surface area contributed by atoms with Gasteiger partial charge >= 0.3 is 0 Å². The van der Waals surface area contributed by atoms with Crippen LogP contribution < -0.4 is 4.72 Å². The summed E-state index contributed by atoms with van der Waals surface area (Å²) in [6.07, 6.45) is 2.58. The first-order valence-electron chi connectivity index (χ1n) is 9.65. The van der Waals surface area contributed by atoms with Gasteiger partial charge in [-0.05, 0) is 42.5 Å². The molecule has 0 radical (unpaired) electrons. The Kier molecular flexibility index (Phi) is 6.13. The quantitative estimate of drug-likeness (QED) is 0.443. The molecule has 0 fully saturated rings. The molecule has 0 aliphatic heterocycles. The van der Waals surface area contributed by atoms with Gasteiger partial charge in [0.1, 0.15) is 35.9 Å². The molecule has 0 saturated carbocycles. The topological polar surface area (TPSA) is 101 Å². The van der Waals surface area contributed by atoms with E-state index in [1.807, 2.05) is 4.72 Å². The summed E-state index contributed by atoms with van der Waals surface area (Å²) < 4.78 is 67.9. The van der Waals surface area contributed by atoms with E-state index < -0.39 is 35.2 Å². The van der Waals surface area contributed by atoms with Crippen LogP contribution in [0.3, 0.4) is 0 Å². The number of nitriles is 1. The Morgan fingerprint density at radius 1 is 1.09 bits per heavy atom. The third kappa shape index (κ3) is 4.18. The van der Waals surface area contributed by atoms with Gasteiger partial charge in [0, 0.05) is 17.8 Å². The molecule has 0 aliphatic rings. The van der Waals surface area contributed by atoms with Crippen LogP contribution in [0.25, 0.3) is 28.1 Å². The third-order valence-corrected chi connectivity index (χ3v) is 6.41. The second-order valence-corrected chi connectivity index (χ2v) is 8.74. The predicted octanol–water partition coefficient (Wildman–Crippen LogP) is 3.68. The van der Waals surface area contributed by atoms with Gasteiger partial charge in [-0.15, -0.1) is 0 Å². The summed E-state index contributed by atoms with van der Waals surface area (Å²) in [6, 6.07) is 12.3. The molecule has 0 amide bonds. The highest BCUT2D eigenvalue weighted by Crippen LogP contribution is 2.35. The van der Waals surface area contributed by atoms with Gasteiger partial charge in [0.25, 0.3) is 0 Å². The number of fused-ring (bicyclic) bond motifs is 1. The van der Waals surface area contributed by atoms with E-state index in [1.165, 1.54) is 30.3 Å². The standard InChI is InChI=1S/C22H16F3N5O2S/c23-10-15(11-24)29-33(31,32)16-5-6-19(28-13-16)22-18(12-26)17-9-14(25)4-7-20(17)30(22)21-3-1-2-8-27-21/h1-9,13,15,29H,10-11H2. The first kappa shape index (κ1) is 22.4. The lowest BCUT2D eigenvalue weighted by Crippen LogP contribution is -2.37. The summed E-state index contributed by atoms with van der Waals surface area (Å²) in [5.74, 6) is -0.0843. The Hall–Kier alpha value is -3.75. The maximum atomic E-state index is 14.0. The number of nitrogens with one attached hydrogen (secondary N) is 1. The van der Waals surface area contributed by atoms with Crippen molar-refractivity contribution in [1.29, 1.82) is 5.26 Å². The van der Waals surface area contributed by atoms with Crippen LogP contribution in [-0.4, -0.2) is 42.3 Å². The first-order valence-corrected chi connectivity index (χ1v) is 11.1. The molecule has 168 valence electrons. The van der Waals surface area contributed by atoms with Crippen LogP contribution in [0.15, 0.2) is 65.8 Å². The van der Waals surface area contributed by atoms with Crippen LogP contribution in [0.5, 0.6) is 0 Å². The molecular formula is C22H16F3N5O2S. The number of benzene rings is 1. The summed E-state index contributed by atoms with van der Waals surface area (Å²) in [5.41, 5.74) is 1.15. The van der Waals surface area contributed by atoms with Crippen molar-refractivity contribution in [3.63, 3.8) is 0 Å². The Balaban J connectivity index is 1.89. The van der Waals surface area contributed by atoms with Crippen LogP contribution >= 0.6 is 0 Å². The summed E-state index contributed by atoms with van der Waals surface area (Å²) in [4.78, 5) is 8.20. The number of hydrogen-bond acceptors (Lipinski definition) is 5. The van der Waals surface area contributed by atoms with Crippen molar-refractivity contribution < 1.29 is 21.6 Å². The van der Waals surface area contributed by atoms with Gasteiger partial charge in [0.05, 0.1) is 28.5 Å². The van der Waals surface area contributed by atoms with Crippen molar-refractivity contribution >= 4 is 20.9 Å². The smallest absolute Gasteiger partial charge is 0.242 e. The fraction of sp³-hybridized carbons (Fsp3) is 0.136. The summed E-state index contributed by atoms with van der Waals surface area (Å²) in [5, 5.41) is 10.2. The van der Waals surface area contributed by atoms with Crippen molar-refractivity contribution in [3.05, 3.63) is 72.3 Å². The van der Waals surface area contributed by atoms with Crippen LogP contribution in [0.2, 0.25) is 0 Å². The average molecular weight is 471 g/mol. The molecule has 11 heteroatoms. The number of halogens is 3. The van der Waals surface area contributed by atoms with Gasteiger partial charge < -0.3 is 0 Å². The van der Waals surface area contributed by atoms with E-state index in [0.717, 1.165) is 6.20 Å². The molecule has 3 heterocycles. The Labute approximate surface area is 187 Å². The van der Waals surface area contributed by atoms with E-state index in [2.05, 4.69) is 16.0 Å². The zero-order chi connectivity index (χ0) is 23.6. The molecule has 1 aromatic carbocycles. The van der Waals surface area contributed by atoms with Gasteiger partial charge in [-0.2, -0.15) is 5.26 Å². The molecular weight excluding hydrogens is 455 g/mol. The van der Waals surface area contributed by atoms with Gasteiger partial charge in [-0.25, -0.2) is 31.3 Å². The molecule has 4 rings (SSSR count). The Morgan fingerprint density at radius 3 is 2.48 bits per heavy atom. The molecule has 0 aliphatic carbocycles. The normalized spacial score (nSPS) is 11.7. The lowest BCUT2D eigenvalue weighted by Gasteiger charge is -2.13. The van der Waals surface area contributed by atoms with Crippen LogP contribution in [0, 0.1) is 17.1 Å². The minimum absolute atomic E-state index is 0.131. The molecule has 3 aromatic heterocycles. The summed E-state index contributed by atoms with van der Waals surface area (Å²) in [7, 11) is -4.22. The van der Waals surface area contributed by atoms with Crippen molar-refractivity contribution in [2.75, 3.05) is 13.3 Å². The number of aromatic nitrogens is 3. The average Bonchev–Trinajstić information content (AvgIpc) is 3.16. The molecule has 0 bridgehead atoms. The van der Waals surface area contributed by atoms with E-state index >= 15 is 0 Å². The molecule has 0 unspecified atom stereocenters. The Morgan fingerprint density at radius 2 is 1.88 bits per heavy atom. The van der Waals surface area contributed by atoms with Crippen molar-refractivity contribution in [1.82, 2.24) is 19.3 Å². The number of pyridine rings is 2. The van der Waals surface area contributed by atoms with E-state index in [1.54, 1.807) is 29.0 Å². The largest absolute Gasteiger partial charge is 0.291 e. The molecule has 4 aromatic rings. The van der Waals surface area contributed by atoms with E-state index in [-0.39, 0.29) is 16.2 Å². The lowest BCUT2D eigenvalue weighted by molar-refractivity contribution is 0.334. The number of rotatable bonds is 7. The van der Waals surface area contributed by atoms with E-state index in [4.69, 9.17) is 0 Å². The number of alkyl halides is 2. The van der Waals surface area contributed by atoms with E-state index in [0.29, 0.717) is 22.4 Å². The maximum absolute atomic E-state index is 14.0. The minimum Gasteiger partial charge on any atom is -0.291 e. The number of sulfonamides is 1. The maximum Gasteiger partial charge on any atom is 0.242 e. The second-order valence-electron chi connectivity index (χ2n) is 7.03. The van der Waals surface area contributed by atoms with Gasteiger partial charge in [0.15, 0.2) is 0 Å². The summed E-state index contributed by atoms with van der Waals surface area (Å²) >= 11 is 0. The predicted molar refractivity (Wildman–Crippen MR) is 115 cm³/mol. The van der Waals surface area contributed by atoms with Gasteiger partial charge in [-0.1, -0.05) is 6.07 Å². The van der Waals surface area contributed by atoms with Crippen molar-refractivity contribution in [2.24, 2.45) is 0 Å². The molecule has 0 atom stereocenters. The highest BCUT2D eigenvalue weighted by Gasteiger charge is 2.24. The molecule has 33 heavy (non-hydrogen) atoms. The first-order chi connectivity index (χ1) is 15.9. The molecule has 7 nitrogen and oxygen atoms in total. The Bertz CT molecular complexity index is 1450. The SMILES string of the molecule is N#Cc1c(-c2ccc(S(=O)(=O)NC(CF)CF)cn2)n(-c2ccccn2)c2ccc(F)cc12. The lowest BCUT2D eigenvalue weighted by atomic mass is 10.1. The third-order valence-electron chi connectivity index (χ3n) is 4.90. The van der Waals surface area contributed by atoms with Crippen molar-refractivity contribution in [2.45, 2.75) is 10.9 Å². The second kappa shape index (κ2) is 9.01. The zero-order valence-electron chi connectivity index (χ0n) is 16.9. The molecule has 1 N–H and O–H groups in total. The van der Waals surface area contributed by atoms with Gasteiger partial charge in [-0.3, -0.25) is 9.55 Å². The number of nitrogens with zero attached hydrogens (tertiary/aromatic N) is 4. The monoisotopic (exact) mass is 471 g/mol. The highest BCUT2D eigenvalue weighted by molar-refractivity contribution is 7.89. The zero-order valence-corrected chi connectivity index (χ0v) is 17.7. The van der Waals surface area contributed by atoms with Gasteiger partial charge in [0.2, 0.25) is 10.0 Å². The minimum atomic E-state index is -4.22. The summed E-state index contributed by atoms with van der Waals surface area (Å²) in [6.45, 7) is -2.40. The fourth-order valence-electron chi connectivity index (χ4n) is 3.41. The van der Waals surface area contributed by atoms with Crippen LogP contribution in [0.1, 0.15) is 5.56 Å². The van der Waals surface area contributed by atoms with Crippen LogP contribution in [0.4, 0.5) is 13.2 Å². The van der Waals surface area contributed by atoms with Crippen molar-refractivity contribution in [3.8, 4) is 23.3 Å². The highest BCUT2D eigenvalue weighted by atomic mass is 32.2. The number of hydrogen-bond donors (Lipinski definition) is 1. The molecule has 0 saturated heterocycles. The fourth-order valence-corrected chi connectivity index (χ4v) is 4.55. The van der Waals surface area contributed by atoms with E-state index in [9.17, 15) is 26.9 Å².